The van der Waals surface area contributed by atoms with E-state index in [4.69, 9.17) is 0 Å². The minimum absolute atomic E-state index is 0.249. The summed E-state index contributed by atoms with van der Waals surface area (Å²) in [5.74, 6) is 0. The van der Waals surface area contributed by atoms with E-state index in [0.717, 1.165) is 0 Å². The lowest BCUT2D eigenvalue weighted by atomic mass is 9.84. The molecule has 0 spiro atoms. The fraction of sp³-hybridized carbons (Fsp3) is 1.00. The average molecular weight is 240 g/mol. The Morgan fingerprint density at radius 1 is 1.06 bits per heavy atom. The van der Waals surface area contributed by atoms with Gasteiger partial charge < -0.3 is 10.2 Å². The van der Waals surface area contributed by atoms with Gasteiger partial charge in [-0.2, -0.15) is 0 Å². The zero-order valence-corrected chi connectivity index (χ0v) is 12.6. The maximum absolute atomic E-state index is 3.73. The molecule has 0 aromatic heterocycles. The first-order chi connectivity index (χ1) is 7.91. The summed E-state index contributed by atoms with van der Waals surface area (Å²) in [6.45, 7) is 16.2. The van der Waals surface area contributed by atoms with E-state index < -0.39 is 0 Å². The molecule has 1 N–H and O–H groups in total. The van der Waals surface area contributed by atoms with Gasteiger partial charge in [-0.3, -0.25) is 0 Å². The first-order valence-corrected chi connectivity index (χ1v) is 7.38. The summed E-state index contributed by atoms with van der Waals surface area (Å²) >= 11 is 0. The second-order valence-corrected chi connectivity index (χ2v) is 6.77. The maximum Gasteiger partial charge on any atom is 0.00967 e. The Bertz CT molecular complexity index is 207. The van der Waals surface area contributed by atoms with E-state index in [1.165, 1.54) is 51.9 Å². The normalized spacial score (nSPS) is 20.1. The van der Waals surface area contributed by atoms with Gasteiger partial charge in [-0.1, -0.05) is 26.7 Å². The molecule has 0 bridgehead atoms. The van der Waals surface area contributed by atoms with Crippen LogP contribution in [0, 0.1) is 5.41 Å². The van der Waals surface area contributed by atoms with Crippen molar-refractivity contribution in [2.75, 3.05) is 26.2 Å². The molecule has 0 aliphatic heterocycles. The first kappa shape index (κ1) is 15.0. The molecule has 2 heteroatoms. The number of hydrogen-bond donors (Lipinski definition) is 1. The molecule has 0 amide bonds. The molecule has 1 aliphatic carbocycles. The molecule has 0 aromatic carbocycles. The van der Waals surface area contributed by atoms with Crippen LogP contribution in [0.2, 0.25) is 0 Å². The minimum Gasteiger partial charge on any atom is -0.311 e. The molecule has 1 fully saturated rings. The van der Waals surface area contributed by atoms with Crippen LogP contribution < -0.4 is 5.32 Å². The Kier molecular flexibility index (Phi) is 5.46. The number of nitrogens with one attached hydrogen (secondary N) is 1. The molecule has 1 saturated carbocycles. The van der Waals surface area contributed by atoms with E-state index in [1.807, 2.05) is 0 Å². The summed E-state index contributed by atoms with van der Waals surface area (Å²) in [6, 6.07) is 0. The Balaban J connectivity index is 2.56. The maximum atomic E-state index is 3.73. The Hall–Kier alpha value is -0.0800. The third-order valence-electron chi connectivity index (χ3n) is 4.11. The van der Waals surface area contributed by atoms with Gasteiger partial charge in [-0.25, -0.2) is 0 Å². The van der Waals surface area contributed by atoms with Crippen LogP contribution >= 0.6 is 0 Å². The Morgan fingerprint density at radius 3 is 2.00 bits per heavy atom. The molecule has 0 radical (unpaired) electrons. The van der Waals surface area contributed by atoms with Gasteiger partial charge in [0, 0.05) is 18.6 Å². The van der Waals surface area contributed by atoms with Gasteiger partial charge in [0.15, 0.2) is 0 Å². The lowest BCUT2D eigenvalue weighted by molar-refractivity contribution is 0.149. The van der Waals surface area contributed by atoms with Crippen molar-refractivity contribution in [2.45, 2.75) is 65.8 Å². The Labute approximate surface area is 108 Å². The highest BCUT2D eigenvalue weighted by molar-refractivity contribution is 4.91. The fourth-order valence-corrected chi connectivity index (χ4v) is 2.89. The lowest BCUT2D eigenvalue weighted by Crippen LogP contribution is -2.47. The van der Waals surface area contributed by atoms with Gasteiger partial charge >= 0.3 is 0 Å². The van der Waals surface area contributed by atoms with Crippen LogP contribution in [0.25, 0.3) is 0 Å². The standard InChI is InChI=1S/C15H32N2/c1-6-17(7-2)13-15(10-8-9-11-15)12-16-14(3,4)5/h16H,6-13H2,1-5H3. The van der Waals surface area contributed by atoms with Crippen molar-refractivity contribution >= 4 is 0 Å². The van der Waals surface area contributed by atoms with Crippen LogP contribution in [0.5, 0.6) is 0 Å². The van der Waals surface area contributed by atoms with Gasteiger partial charge in [-0.15, -0.1) is 0 Å². The summed E-state index contributed by atoms with van der Waals surface area (Å²) in [5, 5.41) is 3.73. The van der Waals surface area contributed by atoms with E-state index >= 15 is 0 Å². The van der Waals surface area contributed by atoms with Crippen LogP contribution in [0.3, 0.4) is 0 Å². The molecule has 0 unspecified atom stereocenters. The number of hydrogen-bond acceptors (Lipinski definition) is 2. The van der Waals surface area contributed by atoms with E-state index in [-0.39, 0.29) is 5.54 Å². The van der Waals surface area contributed by atoms with Crippen LogP contribution in [-0.4, -0.2) is 36.6 Å². The van der Waals surface area contributed by atoms with Crippen molar-refractivity contribution < 1.29 is 0 Å². The van der Waals surface area contributed by atoms with Crippen molar-refractivity contribution in [3.8, 4) is 0 Å². The highest BCUT2D eigenvalue weighted by Crippen LogP contribution is 2.38. The van der Waals surface area contributed by atoms with Gasteiger partial charge in [0.2, 0.25) is 0 Å². The van der Waals surface area contributed by atoms with Crippen molar-refractivity contribution in [3.05, 3.63) is 0 Å². The molecule has 17 heavy (non-hydrogen) atoms. The third-order valence-corrected chi connectivity index (χ3v) is 4.11. The smallest absolute Gasteiger partial charge is 0.00967 e. The predicted octanol–water partition coefficient (Wildman–Crippen LogP) is 3.28. The second-order valence-electron chi connectivity index (χ2n) is 6.77. The van der Waals surface area contributed by atoms with Gasteiger partial charge in [0.1, 0.15) is 0 Å². The first-order valence-electron chi connectivity index (χ1n) is 7.38. The Morgan fingerprint density at radius 2 is 1.59 bits per heavy atom. The molecule has 1 rings (SSSR count). The molecule has 1 aliphatic rings. The van der Waals surface area contributed by atoms with Crippen molar-refractivity contribution in [3.63, 3.8) is 0 Å². The van der Waals surface area contributed by atoms with Gasteiger partial charge in [0.05, 0.1) is 0 Å². The highest BCUT2D eigenvalue weighted by atomic mass is 15.1. The van der Waals surface area contributed by atoms with E-state index in [1.54, 1.807) is 0 Å². The summed E-state index contributed by atoms with van der Waals surface area (Å²) in [7, 11) is 0. The highest BCUT2D eigenvalue weighted by Gasteiger charge is 2.35. The topological polar surface area (TPSA) is 15.3 Å². The largest absolute Gasteiger partial charge is 0.311 e. The average Bonchev–Trinajstić information content (AvgIpc) is 2.72. The molecular weight excluding hydrogens is 208 g/mol. The minimum atomic E-state index is 0.249. The fourth-order valence-electron chi connectivity index (χ4n) is 2.89. The van der Waals surface area contributed by atoms with E-state index in [0.29, 0.717) is 5.41 Å². The van der Waals surface area contributed by atoms with Gasteiger partial charge in [0.25, 0.3) is 0 Å². The summed E-state index contributed by atoms with van der Waals surface area (Å²) < 4.78 is 0. The van der Waals surface area contributed by atoms with Gasteiger partial charge in [-0.05, 0) is 52.1 Å². The molecule has 102 valence electrons. The van der Waals surface area contributed by atoms with Crippen LogP contribution in [0.4, 0.5) is 0 Å². The monoisotopic (exact) mass is 240 g/mol. The van der Waals surface area contributed by atoms with Crippen molar-refractivity contribution in [1.82, 2.24) is 10.2 Å². The van der Waals surface area contributed by atoms with Crippen LogP contribution in [-0.2, 0) is 0 Å². The van der Waals surface area contributed by atoms with E-state index in [2.05, 4.69) is 44.8 Å². The third kappa shape index (κ3) is 4.97. The SMILES string of the molecule is CCN(CC)CC1(CNC(C)(C)C)CCCC1. The van der Waals surface area contributed by atoms with Crippen molar-refractivity contribution in [2.24, 2.45) is 5.41 Å². The molecule has 0 heterocycles. The molecule has 0 aromatic rings. The number of rotatable bonds is 6. The second kappa shape index (κ2) is 6.19. The molecule has 0 saturated heterocycles. The summed E-state index contributed by atoms with van der Waals surface area (Å²) in [4.78, 5) is 2.59. The zero-order chi connectivity index (χ0) is 12.9. The van der Waals surface area contributed by atoms with Crippen LogP contribution in [0.1, 0.15) is 60.3 Å². The number of nitrogens with zero attached hydrogens (tertiary/aromatic N) is 1. The van der Waals surface area contributed by atoms with Crippen LogP contribution in [0.15, 0.2) is 0 Å². The molecular formula is C15H32N2. The van der Waals surface area contributed by atoms with E-state index in [9.17, 15) is 0 Å². The zero-order valence-electron chi connectivity index (χ0n) is 12.6. The summed E-state index contributed by atoms with van der Waals surface area (Å²) in [5.41, 5.74) is 0.790. The van der Waals surface area contributed by atoms with Crippen molar-refractivity contribution in [1.29, 1.82) is 0 Å². The predicted molar refractivity (Wildman–Crippen MR) is 76.4 cm³/mol. The molecule has 2 nitrogen and oxygen atoms in total. The summed E-state index contributed by atoms with van der Waals surface area (Å²) in [6.07, 6.45) is 5.67. The quantitative estimate of drug-likeness (QED) is 0.766. The molecule has 0 atom stereocenters. The lowest BCUT2D eigenvalue weighted by Gasteiger charge is -2.37.